The summed E-state index contributed by atoms with van der Waals surface area (Å²) in [7, 11) is 0. The topological polar surface area (TPSA) is 121 Å². The summed E-state index contributed by atoms with van der Waals surface area (Å²) in [6, 6.07) is 4.72. The highest BCUT2D eigenvalue weighted by molar-refractivity contribution is 6.05. The number of hydrogen-bond donors (Lipinski definition) is 4. The van der Waals surface area contributed by atoms with Gasteiger partial charge in [0.15, 0.2) is 0 Å². The predicted octanol–water partition coefficient (Wildman–Crippen LogP) is 0.0363. The molecule has 1 fully saturated rings. The Kier molecular flexibility index (Phi) is 2.72. The minimum Gasteiger partial charge on any atom is -0.324 e. The molecule has 1 aromatic heterocycles. The van der Waals surface area contributed by atoms with Gasteiger partial charge in [0, 0.05) is 0 Å². The number of rotatable bonds is 2. The van der Waals surface area contributed by atoms with E-state index in [-0.39, 0.29) is 16.7 Å². The Balaban J connectivity index is 2.08. The fourth-order valence-corrected chi connectivity index (χ4v) is 2.37. The number of fused-ring (bicyclic) bond motifs is 1. The van der Waals surface area contributed by atoms with Crippen LogP contribution < -0.4 is 22.2 Å². The van der Waals surface area contributed by atoms with Crippen LogP contribution >= 0.6 is 0 Å². The molecule has 5 N–H and O–H groups in total. The first-order chi connectivity index (χ1) is 9.51. The molecule has 0 bridgehead atoms. The molecule has 0 spiro atoms. The summed E-state index contributed by atoms with van der Waals surface area (Å²) in [5, 5.41) is 7.54. The van der Waals surface area contributed by atoms with Gasteiger partial charge in [-0.15, -0.1) is 0 Å². The van der Waals surface area contributed by atoms with E-state index in [4.69, 9.17) is 5.73 Å². The molecular weight excluding hydrogens is 260 g/mol. The zero-order valence-electron chi connectivity index (χ0n) is 10.7. The molecule has 1 aliphatic rings. The molecule has 0 unspecified atom stereocenters. The second-order valence-electron chi connectivity index (χ2n) is 5.10. The Hall–Kier alpha value is -2.41. The highest BCUT2D eigenvalue weighted by Crippen LogP contribution is 2.30. The molecule has 3 rings (SSSR count). The van der Waals surface area contributed by atoms with Crippen molar-refractivity contribution in [3.05, 3.63) is 38.9 Å². The SMILES string of the molecule is NC1(C(=O)Nc2cccc3c(=O)[nH][nH]c(=O)c23)CCC1. The molecule has 0 atom stereocenters. The Morgan fingerprint density at radius 3 is 2.55 bits per heavy atom. The van der Waals surface area contributed by atoms with Gasteiger partial charge in [-0.2, -0.15) is 0 Å². The van der Waals surface area contributed by atoms with Crippen LogP contribution in [0.4, 0.5) is 5.69 Å². The quantitative estimate of drug-likeness (QED) is 0.617. The number of benzene rings is 1. The number of H-pyrrole nitrogens is 2. The number of anilines is 1. The number of hydrogen-bond acceptors (Lipinski definition) is 4. The standard InChI is InChI=1S/C13H14N4O3/c14-13(5-2-6-13)12(20)15-8-4-1-3-7-9(8)11(19)17-16-10(7)18/h1,3-4H,2,5-6,14H2,(H,15,20)(H,16,18)(H,17,19). The van der Waals surface area contributed by atoms with Crippen LogP contribution in [0.15, 0.2) is 27.8 Å². The maximum Gasteiger partial charge on any atom is 0.272 e. The van der Waals surface area contributed by atoms with Crippen LogP contribution in [0.2, 0.25) is 0 Å². The molecule has 1 aliphatic carbocycles. The van der Waals surface area contributed by atoms with E-state index >= 15 is 0 Å². The van der Waals surface area contributed by atoms with Crippen LogP contribution in [0.25, 0.3) is 10.8 Å². The molecule has 1 aromatic carbocycles. The third-order valence-electron chi connectivity index (χ3n) is 3.77. The molecule has 7 heteroatoms. The number of nitrogens with two attached hydrogens (primary N) is 1. The van der Waals surface area contributed by atoms with Gasteiger partial charge in [0.1, 0.15) is 0 Å². The van der Waals surface area contributed by atoms with Crippen LogP contribution in [0, 0.1) is 0 Å². The highest BCUT2D eigenvalue weighted by atomic mass is 16.2. The molecule has 20 heavy (non-hydrogen) atoms. The Morgan fingerprint density at radius 1 is 1.20 bits per heavy atom. The molecule has 0 aliphatic heterocycles. The zero-order valence-corrected chi connectivity index (χ0v) is 10.7. The number of nitrogens with one attached hydrogen (secondary N) is 3. The second-order valence-corrected chi connectivity index (χ2v) is 5.10. The molecular formula is C13H14N4O3. The molecule has 7 nitrogen and oxygen atoms in total. The molecule has 1 heterocycles. The summed E-state index contributed by atoms with van der Waals surface area (Å²) in [6.07, 6.45) is 2.17. The van der Waals surface area contributed by atoms with Gasteiger partial charge in [-0.3, -0.25) is 24.6 Å². The van der Waals surface area contributed by atoms with Gasteiger partial charge in [0.25, 0.3) is 11.1 Å². The van der Waals surface area contributed by atoms with E-state index in [1.54, 1.807) is 12.1 Å². The average molecular weight is 274 g/mol. The van der Waals surface area contributed by atoms with Crippen molar-refractivity contribution in [1.29, 1.82) is 0 Å². The minimum atomic E-state index is -0.865. The lowest BCUT2D eigenvalue weighted by molar-refractivity contribution is -0.123. The van der Waals surface area contributed by atoms with Gasteiger partial charge in [-0.25, -0.2) is 0 Å². The maximum absolute atomic E-state index is 12.1. The third-order valence-corrected chi connectivity index (χ3v) is 3.77. The zero-order chi connectivity index (χ0) is 14.3. The summed E-state index contributed by atoms with van der Waals surface area (Å²) in [5.41, 5.74) is 4.50. The molecule has 104 valence electrons. The Labute approximate surface area is 113 Å². The first kappa shape index (κ1) is 12.6. The van der Waals surface area contributed by atoms with E-state index in [2.05, 4.69) is 15.5 Å². The number of carbonyl (C=O) groups is 1. The van der Waals surface area contributed by atoms with Crippen molar-refractivity contribution in [1.82, 2.24) is 10.2 Å². The fourth-order valence-electron chi connectivity index (χ4n) is 2.37. The van der Waals surface area contributed by atoms with Gasteiger partial charge in [0.05, 0.1) is 22.0 Å². The summed E-state index contributed by atoms with van der Waals surface area (Å²) >= 11 is 0. The van der Waals surface area contributed by atoms with E-state index in [0.29, 0.717) is 18.5 Å². The van der Waals surface area contributed by atoms with Gasteiger partial charge in [-0.05, 0) is 31.4 Å². The van der Waals surface area contributed by atoms with E-state index in [1.165, 1.54) is 6.07 Å². The minimum absolute atomic E-state index is 0.160. The lowest BCUT2D eigenvalue weighted by atomic mass is 9.77. The van der Waals surface area contributed by atoms with E-state index in [0.717, 1.165) is 6.42 Å². The van der Waals surface area contributed by atoms with Crippen molar-refractivity contribution >= 4 is 22.4 Å². The van der Waals surface area contributed by atoms with Gasteiger partial charge in [0.2, 0.25) is 5.91 Å². The second kappa shape index (κ2) is 4.31. The largest absolute Gasteiger partial charge is 0.324 e. The van der Waals surface area contributed by atoms with Crippen molar-refractivity contribution in [2.75, 3.05) is 5.32 Å². The number of aromatic amines is 2. The first-order valence-electron chi connectivity index (χ1n) is 6.35. The van der Waals surface area contributed by atoms with Crippen molar-refractivity contribution in [2.45, 2.75) is 24.8 Å². The number of aromatic nitrogens is 2. The smallest absolute Gasteiger partial charge is 0.272 e. The lowest BCUT2D eigenvalue weighted by Gasteiger charge is -2.36. The number of amides is 1. The summed E-state index contributed by atoms with van der Waals surface area (Å²) in [5.74, 6) is -0.323. The molecule has 2 aromatic rings. The highest BCUT2D eigenvalue weighted by Gasteiger charge is 2.40. The van der Waals surface area contributed by atoms with Crippen LogP contribution in [0.5, 0.6) is 0 Å². The average Bonchev–Trinajstić information content (AvgIpc) is 2.40. The fraction of sp³-hybridized carbons (Fsp3) is 0.308. The Morgan fingerprint density at radius 2 is 1.90 bits per heavy atom. The van der Waals surface area contributed by atoms with E-state index < -0.39 is 16.7 Å². The Bertz CT molecular complexity index is 801. The van der Waals surface area contributed by atoms with Crippen LogP contribution in [0.3, 0.4) is 0 Å². The molecule has 0 radical (unpaired) electrons. The molecule has 1 amide bonds. The third kappa shape index (κ3) is 1.83. The van der Waals surface area contributed by atoms with Crippen molar-refractivity contribution in [3.63, 3.8) is 0 Å². The summed E-state index contributed by atoms with van der Waals surface area (Å²) < 4.78 is 0. The van der Waals surface area contributed by atoms with Crippen LogP contribution in [-0.4, -0.2) is 21.6 Å². The number of carbonyl (C=O) groups excluding carboxylic acids is 1. The molecule has 1 saturated carbocycles. The van der Waals surface area contributed by atoms with Gasteiger partial charge < -0.3 is 11.1 Å². The predicted molar refractivity (Wildman–Crippen MR) is 74.6 cm³/mol. The van der Waals surface area contributed by atoms with Crippen LogP contribution in [0.1, 0.15) is 19.3 Å². The monoisotopic (exact) mass is 274 g/mol. The van der Waals surface area contributed by atoms with Crippen molar-refractivity contribution < 1.29 is 4.79 Å². The van der Waals surface area contributed by atoms with Gasteiger partial charge >= 0.3 is 0 Å². The van der Waals surface area contributed by atoms with E-state index in [9.17, 15) is 14.4 Å². The first-order valence-corrected chi connectivity index (χ1v) is 6.35. The van der Waals surface area contributed by atoms with E-state index in [1.807, 2.05) is 0 Å². The summed E-state index contributed by atoms with van der Waals surface area (Å²) in [4.78, 5) is 35.7. The lowest BCUT2D eigenvalue weighted by Crippen LogP contribution is -2.56. The summed E-state index contributed by atoms with van der Waals surface area (Å²) in [6.45, 7) is 0. The van der Waals surface area contributed by atoms with Crippen molar-refractivity contribution in [3.8, 4) is 0 Å². The normalized spacial score (nSPS) is 16.6. The van der Waals surface area contributed by atoms with Gasteiger partial charge in [-0.1, -0.05) is 6.07 Å². The molecule has 0 saturated heterocycles. The maximum atomic E-state index is 12.1. The van der Waals surface area contributed by atoms with Crippen molar-refractivity contribution in [2.24, 2.45) is 5.73 Å². The van der Waals surface area contributed by atoms with Crippen LogP contribution in [-0.2, 0) is 4.79 Å².